The third kappa shape index (κ3) is 3.91. The lowest BCUT2D eigenvalue weighted by Gasteiger charge is -2.12. The second-order valence-corrected chi connectivity index (χ2v) is 6.87. The minimum atomic E-state index is -0.636. The highest BCUT2D eigenvalue weighted by atomic mass is 19.1. The minimum absolute atomic E-state index is 0.0927. The van der Waals surface area contributed by atoms with E-state index in [0.29, 0.717) is 35.1 Å². The van der Waals surface area contributed by atoms with E-state index < -0.39 is 6.09 Å². The van der Waals surface area contributed by atoms with Crippen LogP contribution < -0.4 is 14.8 Å². The van der Waals surface area contributed by atoms with E-state index >= 15 is 0 Å². The summed E-state index contributed by atoms with van der Waals surface area (Å²) in [6.07, 6.45) is -0.128. The Morgan fingerprint density at radius 1 is 1.13 bits per heavy atom. The molecule has 1 N–H and O–H groups in total. The number of nitrogens with one attached hydrogen (secondary N) is 1. The monoisotopic (exact) mass is 427 g/mol. The summed E-state index contributed by atoms with van der Waals surface area (Å²) in [6.45, 7) is 0.362. The predicted octanol–water partition coefficient (Wildman–Crippen LogP) is 3.99. The zero-order valence-corrected chi connectivity index (χ0v) is 17.4. The molecular formula is C22H22FN3O5. The van der Waals surface area contributed by atoms with Gasteiger partial charge in [0.1, 0.15) is 12.4 Å². The van der Waals surface area contributed by atoms with Crippen molar-refractivity contribution in [1.29, 1.82) is 0 Å². The van der Waals surface area contributed by atoms with E-state index in [1.165, 1.54) is 23.9 Å². The molecule has 0 atom stereocenters. The molecule has 162 valence electrons. The lowest BCUT2D eigenvalue weighted by molar-refractivity contribution is 0.0978. The van der Waals surface area contributed by atoms with Crippen LogP contribution in [0.1, 0.15) is 11.1 Å². The van der Waals surface area contributed by atoms with Crippen molar-refractivity contribution in [3.63, 3.8) is 0 Å². The standard InChI is InChI=1S/C22H22FN3O5/c1-28-7-8-31-22(27)26-20-16-12-19(30-3)18(29-2)10-13(16)9-17(20)21(25-26)24-15-6-4-5-14(23)11-15/h4-6,10-12H,7-9H2,1-3H3,(H,24,25). The van der Waals surface area contributed by atoms with Crippen LogP contribution in [0.3, 0.4) is 0 Å². The average Bonchev–Trinajstić information content (AvgIpc) is 3.30. The molecule has 0 spiro atoms. The lowest BCUT2D eigenvalue weighted by atomic mass is 10.1. The SMILES string of the molecule is COCCOC(=O)n1nc(Nc2cccc(F)c2)c2c1-c1cc(OC)c(OC)cc1C2. The smallest absolute Gasteiger partial charge is 0.435 e. The van der Waals surface area contributed by atoms with Crippen LogP contribution in [0.2, 0.25) is 0 Å². The molecule has 0 amide bonds. The van der Waals surface area contributed by atoms with Crippen molar-refractivity contribution in [2.45, 2.75) is 6.42 Å². The fourth-order valence-corrected chi connectivity index (χ4v) is 3.58. The van der Waals surface area contributed by atoms with Crippen molar-refractivity contribution in [2.24, 2.45) is 0 Å². The predicted molar refractivity (Wildman–Crippen MR) is 112 cm³/mol. The second-order valence-electron chi connectivity index (χ2n) is 6.87. The first-order chi connectivity index (χ1) is 15.0. The molecule has 1 heterocycles. The maximum absolute atomic E-state index is 13.7. The average molecular weight is 427 g/mol. The molecule has 0 saturated heterocycles. The van der Waals surface area contributed by atoms with E-state index in [1.54, 1.807) is 26.4 Å². The molecule has 0 unspecified atom stereocenters. The molecule has 9 heteroatoms. The Kier molecular flexibility index (Phi) is 5.77. The van der Waals surface area contributed by atoms with E-state index in [0.717, 1.165) is 16.7 Å². The Balaban J connectivity index is 1.79. The summed E-state index contributed by atoms with van der Waals surface area (Å²) >= 11 is 0. The maximum atomic E-state index is 13.7. The van der Waals surface area contributed by atoms with Gasteiger partial charge in [-0.3, -0.25) is 0 Å². The number of carbonyl (C=O) groups excluding carboxylic acids is 1. The van der Waals surface area contributed by atoms with Crippen LogP contribution in [-0.2, 0) is 15.9 Å². The molecule has 0 radical (unpaired) electrons. The Labute approximate surface area is 178 Å². The number of halogens is 1. The first-order valence-corrected chi connectivity index (χ1v) is 9.61. The summed E-state index contributed by atoms with van der Waals surface area (Å²) in [5.41, 5.74) is 3.64. The fraction of sp³-hybridized carbons (Fsp3) is 0.273. The fourth-order valence-electron chi connectivity index (χ4n) is 3.58. The van der Waals surface area contributed by atoms with Gasteiger partial charge in [0.05, 0.1) is 26.5 Å². The summed E-state index contributed by atoms with van der Waals surface area (Å²) in [5, 5.41) is 7.54. The topological polar surface area (TPSA) is 83.8 Å². The van der Waals surface area contributed by atoms with E-state index in [4.69, 9.17) is 18.9 Å². The maximum Gasteiger partial charge on any atom is 0.435 e. The van der Waals surface area contributed by atoms with Crippen LogP contribution in [0, 0.1) is 5.82 Å². The Bertz CT molecular complexity index is 1130. The van der Waals surface area contributed by atoms with Gasteiger partial charge in [-0.15, -0.1) is 5.10 Å². The molecule has 3 aromatic rings. The third-order valence-electron chi connectivity index (χ3n) is 4.99. The number of hydrogen-bond donors (Lipinski definition) is 1. The van der Waals surface area contributed by atoms with Crippen molar-refractivity contribution in [3.05, 3.63) is 53.3 Å². The quantitative estimate of drug-likeness (QED) is 0.447. The summed E-state index contributed by atoms with van der Waals surface area (Å²) in [6, 6.07) is 9.72. The van der Waals surface area contributed by atoms with Gasteiger partial charge in [0.15, 0.2) is 17.3 Å². The van der Waals surface area contributed by atoms with E-state index in [9.17, 15) is 9.18 Å². The van der Waals surface area contributed by atoms with Crippen LogP contribution in [0.25, 0.3) is 11.3 Å². The van der Waals surface area contributed by atoms with Gasteiger partial charge in [-0.05, 0) is 35.9 Å². The molecule has 1 aromatic heterocycles. The minimum Gasteiger partial charge on any atom is -0.493 e. The van der Waals surface area contributed by atoms with Crippen molar-refractivity contribution in [3.8, 4) is 22.8 Å². The second kappa shape index (κ2) is 8.65. The summed E-state index contributed by atoms with van der Waals surface area (Å²) < 4.78 is 35.9. The van der Waals surface area contributed by atoms with E-state index in [1.807, 2.05) is 12.1 Å². The number of fused-ring (bicyclic) bond motifs is 3. The lowest BCUT2D eigenvalue weighted by Crippen LogP contribution is -2.18. The molecule has 1 aliphatic rings. The highest BCUT2D eigenvalue weighted by Gasteiger charge is 2.32. The number of rotatable bonds is 7. The van der Waals surface area contributed by atoms with Crippen LogP contribution in [0.5, 0.6) is 11.5 Å². The summed E-state index contributed by atoms with van der Waals surface area (Å²) in [5.74, 6) is 1.19. The zero-order chi connectivity index (χ0) is 22.0. The van der Waals surface area contributed by atoms with Crippen LogP contribution in [0.4, 0.5) is 20.7 Å². The molecule has 8 nitrogen and oxygen atoms in total. The molecule has 0 aliphatic heterocycles. The summed E-state index contributed by atoms with van der Waals surface area (Å²) in [4.78, 5) is 12.8. The van der Waals surface area contributed by atoms with Gasteiger partial charge in [0, 0.05) is 30.3 Å². The van der Waals surface area contributed by atoms with Gasteiger partial charge in [0.2, 0.25) is 0 Å². The number of anilines is 2. The van der Waals surface area contributed by atoms with Crippen LogP contribution >= 0.6 is 0 Å². The van der Waals surface area contributed by atoms with E-state index in [-0.39, 0.29) is 19.0 Å². The molecule has 4 rings (SSSR count). The highest BCUT2D eigenvalue weighted by molar-refractivity contribution is 5.88. The van der Waals surface area contributed by atoms with Crippen molar-refractivity contribution in [2.75, 3.05) is 39.9 Å². The molecule has 0 saturated carbocycles. The van der Waals surface area contributed by atoms with Crippen LogP contribution in [-0.4, -0.2) is 50.4 Å². The van der Waals surface area contributed by atoms with Gasteiger partial charge in [-0.2, -0.15) is 4.68 Å². The first-order valence-electron chi connectivity index (χ1n) is 9.61. The van der Waals surface area contributed by atoms with E-state index in [2.05, 4.69) is 10.4 Å². The van der Waals surface area contributed by atoms with Crippen LogP contribution in [0.15, 0.2) is 36.4 Å². The first kappa shape index (κ1) is 20.7. The highest BCUT2D eigenvalue weighted by Crippen LogP contribution is 2.45. The Morgan fingerprint density at radius 2 is 1.90 bits per heavy atom. The Morgan fingerprint density at radius 3 is 2.61 bits per heavy atom. The van der Waals surface area contributed by atoms with Crippen molar-refractivity contribution in [1.82, 2.24) is 9.78 Å². The molecule has 0 bridgehead atoms. The van der Waals surface area contributed by atoms with Gasteiger partial charge < -0.3 is 24.3 Å². The number of benzene rings is 2. The number of aromatic nitrogens is 2. The number of ether oxygens (including phenoxy) is 4. The Hall–Kier alpha value is -3.59. The molecule has 1 aliphatic carbocycles. The molecular weight excluding hydrogens is 405 g/mol. The van der Waals surface area contributed by atoms with Gasteiger partial charge in [0.25, 0.3) is 0 Å². The largest absolute Gasteiger partial charge is 0.493 e. The zero-order valence-electron chi connectivity index (χ0n) is 17.4. The number of methoxy groups -OCH3 is 3. The molecule has 0 fully saturated rings. The van der Waals surface area contributed by atoms with Gasteiger partial charge >= 0.3 is 6.09 Å². The van der Waals surface area contributed by atoms with Crippen molar-refractivity contribution < 1.29 is 28.1 Å². The molecule has 31 heavy (non-hydrogen) atoms. The summed E-state index contributed by atoms with van der Waals surface area (Å²) in [7, 11) is 4.64. The normalized spacial score (nSPS) is 11.6. The number of carbonyl (C=O) groups is 1. The number of nitrogens with zero attached hydrogens (tertiary/aromatic N) is 2. The van der Waals surface area contributed by atoms with Gasteiger partial charge in [-0.1, -0.05) is 6.07 Å². The number of hydrogen-bond acceptors (Lipinski definition) is 7. The van der Waals surface area contributed by atoms with Gasteiger partial charge in [-0.25, -0.2) is 9.18 Å². The third-order valence-corrected chi connectivity index (χ3v) is 4.99. The molecule has 2 aromatic carbocycles. The van der Waals surface area contributed by atoms with Crippen molar-refractivity contribution >= 4 is 17.6 Å².